The molecule has 0 bridgehead atoms. The molecule has 18 heavy (non-hydrogen) atoms. The van der Waals surface area contributed by atoms with Gasteiger partial charge >= 0.3 is 0 Å². The van der Waals surface area contributed by atoms with Gasteiger partial charge in [0.1, 0.15) is 5.01 Å². The molecule has 1 fully saturated rings. The minimum Gasteiger partial charge on any atom is -0.314 e. The molecule has 2 unspecified atom stereocenters. The monoisotopic (exact) mass is 267 g/mol. The van der Waals surface area contributed by atoms with Gasteiger partial charge in [0.15, 0.2) is 0 Å². The summed E-state index contributed by atoms with van der Waals surface area (Å²) in [7, 11) is 0. The fourth-order valence-corrected chi connectivity index (χ4v) is 3.63. The lowest BCUT2D eigenvalue weighted by Crippen LogP contribution is -2.45. The first-order chi connectivity index (χ1) is 8.76. The van der Waals surface area contributed by atoms with Crippen LogP contribution in [0, 0.1) is 0 Å². The van der Waals surface area contributed by atoms with Crippen molar-refractivity contribution in [1.29, 1.82) is 0 Å². The molecule has 0 spiro atoms. The minimum atomic E-state index is 0.523. The van der Waals surface area contributed by atoms with Crippen LogP contribution in [0.5, 0.6) is 0 Å². The smallest absolute Gasteiger partial charge is 0.110 e. The third kappa shape index (κ3) is 3.11. The van der Waals surface area contributed by atoms with Crippen LogP contribution in [-0.2, 0) is 0 Å². The van der Waals surface area contributed by atoms with Crippen molar-refractivity contribution in [2.75, 3.05) is 26.2 Å². The molecule has 0 aromatic carbocycles. The van der Waals surface area contributed by atoms with E-state index < -0.39 is 0 Å². The third-order valence-corrected chi connectivity index (χ3v) is 4.89. The Hall–Kier alpha value is -0.450. The summed E-state index contributed by atoms with van der Waals surface area (Å²) in [6, 6.07) is 0.523. The quantitative estimate of drug-likeness (QED) is 0.889. The summed E-state index contributed by atoms with van der Waals surface area (Å²) >= 11 is 1.85. The van der Waals surface area contributed by atoms with E-state index in [0.29, 0.717) is 12.0 Å². The minimum absolute atomic E-state index is 0.523. The van der Waals surface area contributed by atoms with E-state index in [1.807, 2.05) is 11.3 Å². The molecule has 1 aliphatic rings. The zero-order valence-electron chi connectivity index (χ0n) is 11.8. The zero-order valence-corrected chi connectivity index (χ0v) is 12.6. The molecule has 1 aromatic heterocycles. The van der Waals surface area contributed by atoms with Crippen molar-refractivity contribution in [3.63, 3.8) is 0 Å². The molecule has 4 heteroatoms. The summed E-state index contributed by atoms with van der Waals surface area (Å²) in [4.78, 5) is 7.46. The van der Waals surface area contributed by atoms with Crippen LogP contribution in [0.3, 0.4) is 0 Å². The predicted molar refractivity (Wildman–Crippen MR) is 78.3 cm³/mol. The summed E-state index contributed by atoms with van der Waals surface area (Å²) in [6.07, 6.45) is 2.33. The van der Waals surface area contributed by atoms with E-state index in [9.17, 15) is 0 Å². The van der Waals surface area contributed by atoms with Crippen molar-refractivity contribution in [3.8, 4) is 0 Å². The van der Waals surface area contributed by atoms with Gasteiger partial charge < -0.3 is 5.32 Å². The predicted octanol–water partition coefficient (Wildman–Crippen LogP) is 3.01. The average Bonchev–Trinajstić information content (AvgIpc) is 2.89. The van der Waals surface area contributed by atoms with Crippen LogP contribution in [0.2, 0.25) is 0 Å². The van der Waals surface area contributed by atoms with Gasteiger partial charge in [0.05, 0.1) is 11.7 Å². The van der Waals surface area contributed by atoms with Gasteiger partial charge in [0.2, 0.25) is 0 Å². The maximum atomic E-state index is 4.88. The lowest BCUT2D eigenvalue weighted by Gasteiger charge is -2.33. The normalized spacial score (nSPS) is 20.8. The molecule has 0 radical (unpaired) electrons. The van der Waals surface area contributed by atoms with Gasteiger partial charge in [-0.15, -0.1) is 11.3 Å². The van der Waals surface area contributed by atoms with Gasteiger partial charge in [-0.05, 0) is 18.8 Å². The Labute approximate surface area is 115 Å². The van der Waals surface area contributed by atoms with Gasteiger partial charge in [0.25, 0.3) is 0 Å². The molecule has 0 saturated carbocycles. The summed E-state index contributed by atoms with van der Waals surface area (Å²) < 4.78 is 0. The van der Waals surface area contributed by atoms with E-state index in [0.717, 1.165) is 32.6 Å². The van der Waals surface area contributed by atoms with Crippen molar-refractivity contribution in [3.05, 3.63) is 16.1 Å². The van der Waals surface area contributed by atoms with Crippen LogP contribution >= 0.6 is 11.3 Å². The van der Waals surface area contributed by atoms with Gasteiger partial charge in [-0.3, -0.25) is 4.90 Å². The number of hydrogen-bond acceptors (Lipinski definition) is 4. The van der Waals surface area contributed by atoms with E-state index in [1.54, 1.807) is 0 Å². The van der Waals surface area contributed by atoms with E-state index in [1.165, 1.54) is 17.1 Å². The second-order valence-corrected chi connectivity index (χ2v) is 6.02. The molecule has 0 aliphatic carbocycles. The van der Waals surface area contributed by atoms with Gasteiger partial charge in [-0.1, -0.05) is 20.8 Å². The van der Waals surface area contributed by atoms with Gasteiger partial charge in [0, 0.05) is 31.6 Å². The first kappa shape index (κ1) is 14.0. The number of hydrogen-bond donors (Lipinski definition) is 1. The number of nitrogens with one attached hydrogen (secondary N) is 1. The van der Waals surface area contributed by atoms with Crippen molar-refractivity contribution in [2.24, 2.45) is 0 Å². The van der Waals surface area contributed by atoms with Crippen molar-refractivity contribution < 1.29 is 0 Å². The van der Waals surface area contributed by atoms with E-state index in [2.05, 4.69) is 36.4 Å². The third-order valence-electron chi connectivity index (χ3n) is 3.92. The molecule has 2 rings (SSSR count). The summed E-state index contributed by atoms with van der Waals surface area (Å²) in [6.45, 7) is 11.3. The number of rotatable bonds is 5. The Bertz CT molecular complexity index is 358. The molecular weight excluding hydrogens is 242 g/mol. The summed E-state index contributed by atoms with van der Waals surface area (Å²) in [5, 5.41) is 6.99. The molecule has 1 aliphatic heterocycles. The highest BCUT2D eigenvalue weighted by Crippen LogP contribution is 2.30. The molecule has 3 nitrogen and oxygen atoms in total. The molecule has 1 saturated heterocycles. The molecular formula is C14H25N3S. The summed E-state index contributed by atoms with van der Waals surface area (Å²) in [5.74, 6) is 0.593. The van der Waals surface area contributed by atoms with Crippen LogP contribution < -0.4 is 5.32 Å². The zero-order chi connectivity index (χ0) is 13.0. The lowest BCUT2D eigenvalue weighted by molar-refractivity contribution is 0.169. The molecule has 2 atom stereocenters. The van der Waals surface area contributed by atoms with Crippen LogP contribution in [0.4, 0.5) is 0 Å². The van der Waals surface area contributed by atoms with Crippen LogP contribution in [0.15, 0.2) is 5.38 Å². The number of aromatic nitrogens is 1. The standard InChI is InChI=1S/C14H25N3S/c1-4-11(3)12-10-18-14(16-12)13(5-2)17-8-6-15-7-9-17/h10-11,13,15H,4-9H2,1-3H3. The van der Waals surface area contributed by atoms with E-state index in [-0.39, 0.29) is 0 Å². The molecule has 0 amide bonds. The van der Waals surface area contributed by atoms with E-state index in [4.69, 9.17) is 4.98 Å². The highest BCUT2D eigenvalue weighted by molar-refractivity contribution is 7.09. The first-order valence-electron chi connectivity index (χ1n) is 7.16. The summed E-state index contributed by atoms with van der Waals surface area (Å²) in [5.41, 5.74) is 1.28. The van der Waals surface area contributed by atoms with Crippen LogP contribution in [-0.4, -0.2) is 36.1 Å². The first-order valence-corrected chi connectivity index (χ1v) is 8.04. The highest BCUT2D eigenvalue weighted by atomic mass is 32.1. The Morgan fingerprint density at radius 2 is 2.06 bits per heavy atom. The topological polar surface area (TPSA) is 28.2 Å². The van der Waals surface area contributed by atoms with Crippen molar-refractivity contribution >= 4 is 11.3 Å². The fraction of sp³-hybridized carbons (Fsp3) is 0.786. The number of thiazole rings is 1. The van der Waals surface area contributed by atoms with Gasteiger partial charge in [-0.25, -0.2) is 4.98 Å². The Kier molecular flexibility index (Phi) is 5.15. The fourth-order valence-electron chi connectivity index (χ4n) is 2.47. The van der Waals surface area contributed by atoms with Crippen molar-refractivity contribution in [2.45, 2.75) is 45.6 Å². The Morgan fingerprint density at radius 1 is 1.33 bits per heavy atom. The largest absolute Gasteiger partial charge is 0.314 e. The van der Waals surface area contributed by atoms with Crippen LogP contribution in [0.1, 0.15) is 56.3 Å². The SMILES string of the molecule is CCC(C)c1csc(C(CC)N2CCNCC2)n1. The van der Waals surface area contributed by atoms with E-state index >= 15 is 0 Å². The highest BCUT2D eigenvalue weighted by Gasteiger charge is 2.23. The number of piperazine rings is 1. The molecule has 2 heterocycles. The van der Waals surface area contributed by atoms with Crippen molar-refractivity contribution in [1.82, 2.24) is 15.2 Å². The Morgan fingerprint density at radius 3 is 2.67 bits per heavy atom. The maximum absolute atomic E-state index is 4.88. The van der Waals surface area contributed by atoms with Crippen LogP contribution in [0.25, 0.3) is 0 Å². The lowest BCUT2D eigenvalue weighted by atomic mass is 10.1. The second-order valence-electron chi connectivity index (χ2n) is 5.13. The Balaban J connectivity index is 2.09. The molecule has 102 valence electrons. The molecule has 1 aromatic rings. The maximum Gasteiger partial charge on any atom is 0.110 e. The second kappa shape index (κ2) is 6.64. The average molecular weight is 267 g/mol. The molecule has 1 N–H and O–H groups in total. The van der Waals surface area contributed by atoms with Gasteiger partial charge in [-0.2, -0.15) is 0 Å². The number of nitrogens with zero attached hydrogens (tertiary/aromatic N) is 2.